The zero-order valence-electron chi connectivity index (χ0n) is 14.5. The first-order valence-electron chi connectivity index (χ1n) is 9.07. The van der Waals surface area contributed by atoms with Crippen LogP contribution in [0.1, 0.15) is 59.5 Å². The lowest BCUT2D eigenvalue weighted by Gasteiger charge is -2.22. The molecule has 136 valence electrons. The van der Waals surface area contributed by atoms with E-state index in [1.54, 1.807) is 24.3 Å². The molecule has 1 heterocycles. The van der Waals surface area contributed by atoms with Gasteiger partial charge in [-0.25, -0.2) is 8.42 Å². The van der Waals surface area contributed by atoms with Crippen LogP contribution < -0.4 is 10.0 Å². The highest BCUT2D eigenvalue weighted by Crippen LogP contribution is 2.33. The maximum Gasteiger partial charge on any atom is 0.261 e. The van der Waals surface area contributed by atoms with Gasteiger partial charge in [0.15, 0.2) is 0 Å². The summed E-state index contributed by atoms with van der Waals surface area (Å²) < 4.78 is 28.1. The largest absolute Gasteiger partial charge is 0.348 e. The van der Waals surface area contributed by atoms with Crippen LogP contribution in [0.15, 0.2) is 47.4 Å². The molecule has 6 heteroatoms. The minimum absolute atomic E-state index is 0.216. The van der Waals surface area contributed by atoms with Gasteiger partial charge < -0.3 is 5.32 Å². The maximum atomic E-state index is 12.8. The Balaban J connectivity index is 1.58. The van der Waals surface area contributed by atoms with Crippen molar-refractivity contribution in [1.82, 2.24) is 5.32 Å². The first-order chi connectivity index (χ1) is 12.5. The highest BCUT2D eigenvalue weighted by molar-refractivity contribution is 7.92. The smallest absolute Gasteiger partial charge is 0.261 e. The van der Waals surface area contributed by atoms with Crippen LogP contribution in [0.2, 0.25) is 0 Å². The van der Waals surface area contributed by atoms with Crippen LogP contribution in [0.25, 0.3) is 0 Å². The fourth-order valence-corrected chi connectivity index (χ4v) is 5.00. The molecule has 0 spiro atoms. The van der Waals surface area contributed by atoms with Gasteiger partial charge in [-0.15, -0.1) is 0 Å². The number of hydrogen-bond acceptors (Lipinski definition) is 3. The quantitative estimate of drug-likeness (QED) is 0.860. The van der Waals surface area contributed by atoms with Gasteiger partial charge in [0.25, 0.3) is 15.9 Å². The van der Waals surface area contributed by atoms with Crippen molar-refractivity contribution in [3.05, 3.63) is 59.2 Å². The predicted octanol–water partition coefficient (Wildman–Crippen LogP) is 3.78. The minimum atomic E-state index is -3.74. The first kappa shape index (κ1) is 17.1. The maximum absolute atomic E-state index is 12.8. The average Bonchev–Trinajstić information content (AvgIpc) is 3.04. The van der Waals surface area contributed by atoms with Crippen LogP contribution in [0, 0.1) is 0 Å². The Hall–Kier alpha value is -2.34. The van der Waals surface area contributed by atoms with Gasteiger partial charge in [0.1, 0.15) is 0 Å². The van der Waals surface area contributed by atoms with E-state index in [9.17, 15) is 13.2 Å². The lowest BCUT2D eigenvalue weighted by atomic mass is 9.84. The Morgan fingerprint density at radius 1 is 0.962 bits per heavy atom. The lowest BCUT2D eigenvalue weighted by Crippen LogP contribution is -2.17. The summed E-state index contributed by atoms with van der Waals surface area (Å²) >= 11 is 0. The fourth-order valence-electron chi connectivity index (χ4n) is 3.92. The molecule has 2 aromatic rings. The van der Waals surface area contributed by atoms with E-state index in [1.807, 2.05) is 18.2 Å². The van der Waals surface area contributed by atoms with E-state index in [4.69, 9.17) is 0 Å². The van der Waals surface area contributed by atoms with Crippen LogP contribution in [-0.4, -0.2) is 14.3 Å². The predicted molar refractivity (Wildman–Crippen MR) is 101 cm³/mol. The fraction of sp³-hybridized carbons (Fsp3) is 0.350. The molecule has 2 N–H and O–H groups in total. The summed E-state index contributed by atoms with van der Waals surface area (Å²) in [4.78, 5) is 12.2. The number of hydrogen-bond donors (Lipinski definition) is 2. The van der Waals surface area contributed by atoms with E-state index >= 15 is 0 Å². The second kappa shape index (κ2) is 6.76. The van der Waals surface area contributed by atoms with Gasteiger partial charge in [-0.2, -0.15) is 0 Å². The van der Waals surface area contributed by atoms with Crippen LogP contribution >= 0.6 is 0 Å². The number of carbonyl (C=O) groups is 1. The van der Waals surface area contributed by atoms with Crippen molar-refractivity contribution in [1.29, 1.82) is 0 Å². The molecule has 0 bridgehead atoms. The number of amides is 1. The van der Waals surface area contributed by atoms with E-state index in [0.717, 1.165) is 5.56 Å². The van der Waals surface area contributed by atoms with Crippen LogP contribution in [0.5, 0.6) is 0 Å². The van der Waals surface area contributed by atoms with Crippen molar-refractivity contribution in [3.8, 4) is 0 Å². The molecular weight excluding hydrogens is 348 g/mol. The number of carbonyl (C=O) groups excluding carboxylic acids is 1. The summed E-state index contributed by atoms with van der Waals surface area (Å²) in [6.07, 6.45) is 6.13. The summed E-state index contributed by atoms with van der Waals surface area (Å²) in [5.41, 5.74) is 2.76. The molecule has 1 aliphatic heterocycles. The van der Waals surface area contributed by atoms with Crippen molar-refractivity contribution in [2.75, 3.05) is 4.72 Å². The monoisotopic (exact) mass is 370 g/mol. The van der Waals surface area contributed by atoms with Gasteiger partial charge in [-0.1, -0.05) is 43.5 Å². The van der Waals surface area contributed by atoms with Crippen LogP contribution in [-0.2, 0) is 16.6 Å². The van der Waals surface area contributed by atoms with Gasteiger partial charge >= 0.3 is 0 Å². The third-order valence-corrected chi connectivity index (χ3v) is 6.71. The first-order valence-corrected chi connectivity index (χ1v) is 10.6. The van der Waals surface area contributed by atoms with E-state index in [1.165, 1.54) is 37.7 Å². The average molecular weight is 370 g/mol. The Bertz CT molecular complexity index is 930. The summed E-state index contributed by atoms with van der Waals surface area (Å²) in [6, 6.07) is 12.4. The number of anilines is 1. The molecule has 1 saturated carbocycles. The van der Waals surface area contributed by atoms with Gasteiger partial charge in [0.05, 0.1) is 16.1 Å². The summed E-state index contributed by atoms with van der Waals surface area (Å²) in [5.74, 6) is 0.292. The molecule has 0 atom stereocenters. The van der Waals surface area contributed by atoms with Crippen molar-refractivity contribution >= 4 is 21.6 Å². The van der Waals surface area contributed by atoms with Gasteiger partial charge in [-0.05, 0) is 48.1 Å². The van der Waals surface area contributed by atoms with Crippen molar-refractivity contribution < 1.29 is 13.2 Å². The molecular formula is C20H22N2O3S. The van der Waals surface area contributed by atoms with Crippen molar-refractivity contribution in [2.24, 2.45) is 0 Å². The molecule has 5 nitrogen and oxygen atoms in total. The molecule has 1 amide bonds. The van der Waals surface area contributed by atoms with Crippen LogP contribution in [0.3, 0.4) is 0 Å². The second-order valence-corrected chi connectivity index (χ2v) is 8.71. The van der Waals surface area contributed by atoms with E-state index in [2.05, 4.69) is 10.0 Å². The Labute approximate surface area is 153 Å². The molecule has 2 aromatic carbocycles. The topological polar surface area (TPSA) is 75.3 Å². The number of sulfonamides is 1. The van der Waals surface area contributed by atoms with Gasteiger partial charge in [-0.3, -0.25) is 9.52 Å². The molecule has 0 saturated heterocycles. The SMILES string of the molecule is O=C1NCc2cccc(NS(=O)(=O)c3ccc(C4CCCCC4)cc3)c21. The van der Waals surface area contributed by atoms with E-state index in [-0.39, 0.29) is 10.8 Å². The molecule has 4 rings (SSSR count). The lowest BCUT2D eigenvalue weighted by molar-refractivity contribution is 0.0966. The highest BCUT2D eigenvalue weighted by atomic mass is 32.2. The minimum Gasteiger partial charge on any atom is -0.348 e. The third-order valence-electron chi connectivity index (χ3n) is 5.33. The number of benzene rings is 2. The zero-order valence-corrected chi connectivity index (χ0v) is 15.3. The highest BCUT2D eigenvalue weighted by Gasteiger charge is 2.25. The van der Waals surface area contributed by atoms with Gasteiger partial charge in [0, 0.05) is 6.54 Å². The molecule has 26 heavy (non-hydrogen) atoms. The number of rotatable bonds is 4. The van der Waals surface area contributed by atoms with Crippen molar-refractivity contribution in [2.45, 2.75) is 49.5 Å². The van der Waals surface area contributed by atoms with Gasteiger partial charge in [0.2, 0.25) is 0 Å². The van der Waals surface area contributed by atoms with E-state index in [0.29, 0.717) is 23.7 Å². The Morgan fingerprint density at radius 2 is 1.69 bits per heavy atom. The van der Waals surface area contributed by atoms with Crippen LogP contribution in [0.4, 0.5) is 5.69 Å². The number of fused-ring (bicyclic) bond motifs is 1. The second-order valence-electron chi connectivity index (χ2n) is 7.03. The molecule has 0 radical (unpaired) electrons. The normalized spacial score (nSPS) is 17.6. The zero-order chi connectivity index (χ0) is 18.1. The number of nitrogens with one attached hydrogen (secondary N) is 2. The third kappa shape index (κ3) is 3.21. The Morgan fingerprint density at radius 3 is 2.42 bits per heavy atom. The molecule has 1 aliphatic carbocycles. The molecule has 2 aliphatic rings. The molecule has 0 aromatic heterocycles. The molecule has 1 fully saturated rings. The summed E-state index contributed by atoms with van der Waals surface area (Å²) in [7, 11) is -3.74. The van der Waals surface area contributed by atoms with Crippen molar-refractivity contribution in [3.63, 3.8) is 0 Å². The Kier molecular flexibility index (Phi) is 4.44. The van der Waals surface area contributed by atoms with E-state index < -0.39 is 10.0 Å². The summed E-state index contributed by atoms with van der Waals surface area (Å²) in [6.45, 7) is 0.430. The molecule has 0 unspecified atom stereocenters. The standard InChI is InChI=1S/C20H22N2O3S/c23-20-19-16(13-21-20)7-4-8-18(19)22-26(24,25)17-11-9-15(10-12-17)14-5-2-1-3-6-14/h4,7-12,14,22H,1-3,5-6,13H2,(H,21,23). The summed E-state index contributed by atoms with van der Waals surface area (Å²) in [5, 5.41) is 2.72.